The van der Waals surface area contributed by atoms with Crippen LogP contribution in [0, 0.1) is 5.92 Å². The highest BCUT2D eigenvalue weighted by Crippen LogP contribution is 2.24. The van der Waals surface area contributed by atoms with Crippen LogP contribution in [-0.2, 0) is 0 Å². The predicted molar refractivity (Wildman–Crippen MR) is 45.1 cm³/mol. The number of thiol groups is 1. The Kier molecular flexibility index (Phi) is 2.70. The highest BCUT2D eigenvalue weighted by molar-refractivity contribution is 8.05. The molecule has 0 N–H and O–H groups in total. The molecule has 1 fully saturated rings. The van der Waals surface area contributed by atoms with E-state index in [2.05, 4.69) is 31.8 Å². The monoisotopic (exact) mass is 164 g/mol. The van der Waals surface area contributed by atoms with Crippen molar-refractivity contribution < 1.29 is 0 Å². The molecule has 2 nitrogen and oxygen atoms in total. The van der Waals surface area contributed by atoms with Crippen molar-refractivity contribution in [2.24, 2.45) is 5.92 Å². The molecule has 0 aromatic heterocycles. The van der Waals surface area contributed by atoms with E-state index in [0.29, 0.717) is 0 Å². The van der Waals surface area contributed by atoms with Gasteiger partial charge in [0.05, 0.1) is 0 Å². The molecule has 1 aliphatic heterocycles. The lowest BCUT2D eigenvalue weighted by atomic mass is 10.2. The minimum Gasteiger partial charge on any atom is -0.225 e. The first-order valence-corrected chi connectivity index (χ1v) is 4.37. The molecular formula is C5H12N2S2. The van der Waals surface area contributed by atoms with Gasteiger partial charge in [-0.3, -0.25) is 0 Å². The lowest BCUT2D eigenvalue weighted by molar-refractivity contribution is 0.171. The minimum atomic E-state index is 0.795. The largest absolute Gasteiger partial charge is 0.225 e. The predicted octanol–water partition coefficient (Wildman–Crippen LogP) is 1.28. The van der Waals surface area contributed by atoms with E-state index >= 15 is 0 Å². The van der Waals surface area contributed by atoms with Crippen molar-refractivity contribution in [1.82, 2.24) is 8.83 Å². The topological polar surface area (TPSA) is 6.48 Å². The molecule has 0 spiro atoms. The maximum Gasteiger partial charge on any atom is 0.0182 e. The van der Waals surface area contributed by atoms with Crippen molar-refractivity contribution in [2.75, 3.05) is 19.3 Å². The van der Waals surface area contributed by atoms with Gasteiger partial charge in [-0.2, -0.15) is 0 Å². The van der Waals surface area contributed by atoms with Gasteiger partial charge >= 0.3 is 0 Å². The Balaban J connectivity index is 2.35. The second-order valence-corrected chi connectivity index (χ2v) is 4.08. The van der Waals surface area contributed by atoms with Crippen molar-refractivity contribution in [3.05, 3.63) is 0 Å². The van der Waals surface area contributed by atoms with Crippen molar-refractivity contribution >= 4 is 24.8 Å². The summed E-state index contributed by atoms with van der Waals surface area (Å²) >= 11 is 5.98. The van der Waals surface area contributed by atoms with E-state index in [1.165, 1.54) is 5.75 Å². The molecule has 1 heterocycles. The summed E-state index contributed by atoms with van der Waals surface area (Å²) in [6, 6.07) is 0. The third-order valence-corrected chi connectivity index (χ3v) is 3.22. The van der Waals surface area contributed by atoms with Gasteiger partial charge in [-0.25, -0.2) is 5.01 Å². The number of hydrazine groups is 1. The van der Waals surface area contributed by atoms with E-state index in [9.17, 15) is 0 Å². The van der Waals surface area contributed by atoms with Crippen LogP contribution in [0.4, 0.5) is 0 Å². The number of rotatable bonds is 0. The molecule has 4 heteroatoms. The van der Waals surface area contributed by atoms with E-state index in [0.717, 1.165) is 12.5 Å². The lowest BCUT2D eigenvalue weighted by Gasteiger charge is -2.33. The summed E-state index contributed by atoms with van der Waals surface area (Å²) in [4.78, 5) is 0. The highest BCUT2D eigenvalue weighted by Gasteiger charge is 2.18. The second kappa shape index (κ2) is 3.14. The summed E-state index contributed by atoms with van der Waals surface area (Å²) in [5.41, 5.74) is 0. The SMILES string of the molecule is CC1CSN(S)N(C)C1. The molecule has 1 rings (SSSR count). The first kappa shape index (κ1) is 7.72. The number of hydrogen-bond donors (Lipinski definition) is 1. The molecule has 1 atom stereocenters. The zero-order valence-electron chi connectivity index (χ0n) is 5.74. The Labute approximate surface area is 66.2 Å². The Morgan fingerprint density at radius 1 is 1.67 bits per heavy atom. The molecule has 1 saturated heterocycles. The lowest BCUT2D eigenvalue weighted by Crippen LogP contribution is -2.37. The van der Waals surface area contributed by atoms with Gasteiger partial charge in [-0.05, 0) is 5.92 Å². The fourth-order valence-electron chi connectivity index (χ4n) is 0.866. The molecule has 0 amide bonds. The van der Waals surface area contributed by atoms with Crippen LogP contribution in [-0.4, -0.2) is 28.2 Å². The fraction of sp³-hybridized carbons (Fsp3) is 1.00. The average molecular weight is 164 g/mol. The standard InChI is InChI=1S/C5H12N2S2/c1-5-3-6(2)7(8)9-4-5/h5,8H,3-4H2,1-2H3. The third kappa shape index (κ3) is 2.04. The van der Waals surface area contributed by atoms with Gasteiger partial charge in [0.1, 0.15) is 0 Å². The first-order chi connectivity index (χ1) is 4.20. The van der Waals surface area contributed by atoms with Crippen LogP contribution in [0.5, 0.6) is 0 Å². The van der Waals surface area contributed by atoms with Crippen LogP contribution in [0.2, 0.25) is 0 Å². The molecule has 1 aliphatic rings. The van der Waals surface area contributed by atoms with Crippen molar-refractivity contribution in [2.45, 2.75) is 6.92 Å². The summed E-state index contributed by atoms with van der Waals surface area (Å²) in [6.45, 7) is 3.38. The zero-order valence-corrected chi connectivity index (χ0v) is 7.45. The van der Waals surface area contributed by atoms with Gasteiger partial charge in [0, 0.05) is 19.3 Å². The maximum atomic E-state index is 4.22. The molecule has 1 unspecified atom stereocenters. The molecule has 9 heavy (non-hydrogen) atoms. The summed E-state index contributed by atoms with van der Waals surface area (Å²) in [7, 11) is 2.05. The smallest absolute Gasteiger partial charge is 0.0182 e. The summed E-state index contributed by atoms with van der Waals surface area (Å²) in [5, 5.41) is 2.11. The Bertz CT molecular complexity index is 99.0. The van der Waals surface area contributed by atoms with Crippen molar-refractivity contribution in [1.29, 1.82) is 0 Å². The third-order valence-electron chi connectivity index (χ3n) is 1.34. The number of hydrogen-bond acceptors (Lipinski definition) is 4. The van der Waals surface area contributed by atoms with Crippen LogP contribution in [0.1, 0.15) is 6.92 Å². The van der Waals surface area contributed by atoms with Crippen molar-refractivity contribution in [3.8, 4) is 0 Å². The molecule has 0 aromatic carbocycles. The number of nitrogens with zero attached hydrogens (tertiary/aromatic N) is 2. The zero-order chi connectivity index (χ0) is 6.85. The van der Waals surface area contributed by atoms with Crippen LogP contribution < -0.4 is 0 Å². The maximum absolute atomic E-state index is 4.22. The van der Waals surface area contributed by atoms with Gasteiger partial charge in [0.25, 0.3) is 0 Å². The average Bonchev–Trinajstić information content (AvgIpc) is 1.80. The molecule has 54 valence electrons. The van der Waals surface area contributed by atoms with Gasteiger partial charge in [0.15, 0.2) is 0 Å². The Morgan fingerprint density at radius 2 is 2.33 bits per heavy atom. The summed E-state index contributed by atoms with van der Waals surface area (Å²) in [5.74, 6) is 1.98. The fourth-order valence-corrected chi connectivity index (χ4v) is 1.90. The Morgan fingerprint density at radius 3 is 2.78 bits per heavy atom. The molecular weight excluding hydrogens is 152 g/mol. The first-order valence-electron chi connectivity index (χ1n) is 3.03. The molecule has 0 bridgehead atoms. The van der Waals surface area contributed by atoms with E-state index in [1.54, 1.807) is 11.9 Å². The van der Waals surface area contributed by atoms with Crippen LogP contribution >= 0.6 is 24.8 Å². The van der Waals surface area contributed by atoms with Crippen LogP contribution in [0.3, 0.4) is 0 Å². The summed E-state index contributed by atoms with van der Waals surface area (Å²) in [6.07, 6.45) is 0. The Hall–Kier alpha value is 0.620. The molecule has 0 saturated carbocycles. The molecule has 0 aliphatic carbocycles. The van der Waals surface area contributed by atoms with E-state index in [4.69, 9.17) is 0 Å². The molecule has 0 aromatic rings. The summed E-state index contributed by atoms with van der Waals surface area (Å²) < 4.78 is 1.89. The van der Waals surface area contributed by atoms with E-state index in [-0.39, 0.29) is 0 Å². The highest BCUT2D eigenvalue weighted by atomic mass is 32.2. The second-order valence-electron chi connectivity index (χ2n) is 2.49. The van der Waals surface area contributed by atoms with Crippen molar-refractivity contribution in [3.63, 3.8) is 0 Å². The quantitative estimate of drug-likeness (QED) is 0.426. The van der Waals surface area contributed by atoms with E-state index < -0.39 is 0 Å². The van der Waals surface area contributed by atoms with Gasteiger partial charge in [0.2, 0.25) is 0 Å². The minimum absolute atomic E-state index is 0.795. The van der Waals surface area contributed by atoms with Crippen LogP contribution in [0.25, 0.3) is 0 Å². The molecule has 0 radical (unpaired) electrons. The van der Waals surface area contributed by atoms with Gasteiger partial charge in [-0.15, -0.1) is 3.82 Å². The van der Waals surface area contributed by atoms with Gasteiger partial charge in [-0.1, -0.05) is 31.7 Å². The van der Waals surface area contributed by atoms with Gasteiger partial charge < -0.3 is 0 Å². The van der Waals surface area contributed by atoms with Crippen LogP contribution in [0.15, 0.2) is 0 Å². The normalized spacial score (nSPS) is 33.0. The van der Waals surface area contributed by atoms with E-state index in [1.807, 2.05) is 3.82 Å².